The van der Waals surface area contributed by atoms with Gasteiger partial charge in [-0.25, -0.2) is 4.90 Å². The number of imide groups is 1. The van der Waals surface area contributed by atoms with Crippen LogP contribution in [0.15, 0.2) is 145 Å². The number of phenolic OH excluding ortho intramolecular Hbond substituents is 1. The Bertz CT molecular complexity index is 2480. The van der Waals surface area contributed by atoms with Gasteiger partial charge in [-0.15, -0.1) is 0 Å². The van der Waals surface area contributed by atoms with Crippen LogP contribution in [0.3, 0.4) is 0 Å². The Morgan fingerprint density at radius 2 is 1.50 bits per heavy atom. The zero-order valence-electron chi connectivity index (χ0n) is 30.6. The van der Waals surface area contributed by atoms with E-state index in [1.807, 2.05) is 104 Å². The molecule has 0 aromatic heterocycles. The number of allylic oxidation sites excluding steroid dienone is 4. The molecule has 7 nitrogen and oxygen atoms in total. The van der Waals surface area contributed by atoms with Crippen molar-refractivity contribution in [1.29, 1.82) is 0 Å². The molecule has 56 heavy (non-hydrogen) atoms. The van der Waals surface area contributed by atoms with Crippen molar-refractivity contribution >= 4 is 46.2 Å². The molecule has 9 rings (SSSR count). The van der Waals surface area contributed by atoms with E-state index in [4.69, 9.17) is 16.3 Å². The van der Waals surface area contributed by atoms with Crippen molar-refractivity contribution in [3.63, 3.8) is 0 Å². The lowest BCUT2D eigenvalue weighted by Gasteiger charge is -2.55. The van der Waals surface area contributed by atoms with Crippen LogP contribution in [-0.2, 0) is 31.2 Å². The van der Waals surface area contributed by atoms with Crippen LogP contribution in [0.4, 0.5) is 5.69 Å². The number of halogens is 1. The minimum atomic E-state index is -1.47. The number of rotatable bonds is 7. The molecule has 0 unspecified atom stereocenters. The van der Waals surface area contributed by atoms with Crippen molar-refractivity contribution in [2.24, 2.45) is 23.7 Å². The Kier molecular flexibility index (Phi) is 8.85. The number of nitrogens with zero attached hydrogens (tertiary/aromatic N) is 1. The van der Waals surface area contributed by atoms with Crippen LogP contribution in [0.5, 0.6) is 11.5 Å². The van der Waals surface area contributed by atoms with Crippen molar-refractivity contribution in [3.8, 4) is 11.5 Å². The second-order valence-corrected chi connectivity index (χ2v) is 15.6. The molecule has 2 fully saturated rings. The maximum absolute atomic E-state index is 15.3. The second kappa shape index (κ2) is 13.9. The highest BCUT2D eigenvalue weighted by molar-refractivity contribution is 6.33. The number of ether oxygens (including phenoxy) is 1. The first kappa shape index (κ1) is 35.6. The van der Waals surface area contributed by atoms with E-state index in [9.17, 15) is 14.7 Å². The van der Waals surface area contributed by atoms with Crippen LogP contribution < -0.4 is 9.64 Å². The first-order valence-corrected chi connectivity index (χ1v) is 19.3. The van der Waals surface area contributed by atoms with E-state index >= 15 is 9.59 Å². The van der Waals surface area contributed by atoms with Crippen LogP contribution in [0.25, 0.3) is 5.57 Å². The van der Waals surface area contributed by atoms with Gasteiger partial charge in [-0.3, -0.25) is 19.2 Å². The number of hydrogen-bond donors (Lipinski definition) is 1. The predicted octanol–water partition coefficient (Wildman–Crippen LogP) is 8.96. The van der Waals surface area contributed by atoms with Crippen LogP contribution >= 0.6 is 11.6 Å². The SMILES string of the molecule is Cc1ccc(N2C(=O)[C@H]3[C@H](CC=C4[C@H]3C[C@H]3C(=O)C(c5ccccc5)=CC(=O)[C@@]3(c3ccccc3)[C@H]4c3ccc(OCc4ccccc4)cc3O)C2=O)cc1Cl. The molecule has 1 N–H and O–H groups in total. The Labute approximate surface area is 329 Å². The van der Waals surface area contributed by atoms with Gasteiger partial charge in [0.1, 0.15) is 18.1 Å². The van der Waals surface area contributed by atoms with Crippen LogP contribution in [0, 0.1) is 30.6 Å². The van der Waals surface area contributed by atoms with Gasteiger partial charge in [0, 0.05) is 34.1 Å². The fraction of sp³-hybridized carbons (Fsp3) is 0.208. The molecule has 0 radical (unpaired) electrons. The monoisotopic (exact) mass is 759 g/mol. The Hall–Kier alpha value is -6.05. The third-order valence-electron chi connectivity index (χ3n) is 12.3. The van der Waals surface area contributed by atoms with Crippen molar-refractivity contribution in [1.82, 2.24) is 0 Å². The predicted molar refractivity (Wildman–Crippen MR) is 214 cm³/mol. The van der Waals surface area contributed by atoms with Crippen molar-refractivity contribution in [2.75, 3.05) is 4.90 Å². The molecule has 6 atom stereocenters. The number of ketones is 2. The molecule has 1 saturated heterocycles. The smallest absolute Gasteiger partial charge is 0.238 e. The van der Waals surface area contributed by atoms with Gasteiger partial charge in [0.2, 0.25) is 11.8 Å². The number of carbonyl (C=O) groups is 4. The Balaban J connectivity index is 1.22. The number of benzene rings is 5. The number of amides is 2. The molecule has 1 heterocycles. The van der Waals surface area contributed by atoms with E-state index in [1.165, 1.54) is 11.0 Å². The lowest BCUT2D eigenvalue weighted by Crippen LogP contribution is -2.58. The highest BCUT2D eigenvalue weighted by Crippen LogP contribution is 2.64. The highest BCUT2D eigenvalue weighted by Gasteiger charge is 2.66. The van der Waals surface area contributed by atoms with Gasteiger partial charge < -0.3 is 9.84 Å². The minimum absolute atomic E-state index is 0.0962. The zero-order chi connectivity index (χ0) is 38.7. The largest absolute Gasteiger partial charge is 0.508 e. The summed E-state index contributed by atoms with van der Waals surface area (Å²) in [6.45, 7) is 2.14. The standard InChI is InChI=1S/C48H38ClNO6/c1-28-17-18-32(23-40(28)49)50-46(54)36-22-21-34-38(43(36)47(50)55)25-39-45(53)37(30-13-7-3-8-14-30)26-42(52)48(39,31-15-9-4-10-16-31)44(34)35-20-19-33(24-41(35)51)56-27-29-11-5-2-6-12-29/h2-21,23-24,26,36,38-39,43-44,51H,22,25,27H2,1H3/t36-,38+,39-,43-,44+,48-/m0/s1. The summed E-state index contributed by atoms with van der Waals surface area (Å²) in [5.41, 5.74) is 3.51. The minimum Gasteiger partial charge on any atom is -0.508 e. The molecule has 8 heteroatoms. The molecular weight excluding hydrogens is 722 g/mol. The molecule has 1 aliphatic heterocycles. The molecular formula is C48H38ClNO6. The van der Waals surface area contributed by atoms with Gasteiger partial charge in [0.05, 0.1) is 22.9 Å². The van der Waals surface area contributed by atoms with Crippen LogP contribution in [0.2, 0.25) is 5.02 Å². The van der Waals surface area contributed by atoms with Crippen molar-refractivity contribution in [3.05, 3.63) is 178 Å². The van der Waals surface area contributed by atoms with Gasteiger partial charge in [0.15, 0.2) is 11.6 Å². The van der Waals surface area contributed by atoms with E-state index in [0.29, 0.717) is 38.7 Å². The fourth-order valence-electron chi connectivity index (χ4n) is 9.79. The topological polar surface area (TPSA) is 101 Å². The molecule has 5 aromatic rings. The Morgan fingerprint density at radius 1 is 0.804 bits per heavy atom. The molecule has 1 saturated carbocycles. The lowest BCUT2D eigenvalue weighted by molar-refractivity contribution is -0.135. The molecule has 0 spiro atoms. The Morgan fingerprint density at radius 3 is 2.20 bits per heavy atom. The van der Waals surface area contributed by atoms with E-state index in [2.05, 4.69) is 0 Å². The fourth-order valence-corrected chi connectivity index (χ4v) is 9.97. The van der Waals surface area contributed by atoms with Crippen molar-refractivity contribution in [2.45, 2.75) is 37.7 Å². The number of aryl methyl sites for hydroxylation is 1. The van der Waals surface area contributed by atoms with Gasteiger partial charge >= 0.3 is 0 Å². The number of carbonyl (C=O) groups excluding carboxylic acids is 4. The summed E-state index contributed by atoms with van der Waals surface area (Å²) in [6, 6.07) is 38.4. The summed E-state index contributed by atoms with van der Waals surface area (Å²) in [7, 11) is 0. The summed E-state index contributed by atoms with van der Waals surface area (Å²) >= 11 is 6.49. The van der Waals surface area contributed by atoms with Gasteiger partial charge in [-0.2, -0.15) is 0 Å². The van der Waals surface area contributed by atoms with E-state index in [1.54, 1.807) is 36.4 Å². The molecule has 0 bridgehead atoms. The first-order chi connectivity index (χ1) is 27.2. The van der Waals surface area contributed by atoms with Crippen LogP contribution in [0.1, 0.15) is 46.6 Å². The van der Waals surface area contributed by atoms with Crippen LogP contribution in [-0.4, -0.2) is 28.5 Å². The zero-order valence-corrected chi connectivity index (χ0v) is 31.4. The lowest BCUT2D eigenvalue weighted by atomic mass is 9.44. The maximum Gasteiger partial charge on any atom is 0.238 e. The maximum atomic E-state index is 15.3. The molecule has 278 valence electrons. The number of aromatic hydroxyl groups is 1. The highest BCUT2D eigenvalue weighted by atomic mass is 35.5. The average Bonchev–Trinajstić information content (AvgIpc) is 3.48. The quantitative estimate of drug-likeness (QED) is 0.131. The molecule has 4 aliphatic rings. The number of hydrogen-bond acceptors (Lipinski definition) is 6. The number of fused-ring (bicyclic) bond motifs is 4. The number of anilines is 1. The second-order valence-electron chi connectivity index (χ2n) is 15.2. The number of phenols is 1. The first-order valence-electron chi connectivity index (χ1n) is 18.9. The van der Waals surface area contributed by atoms with E-state index < -0.39 is 35.0 Å². The summed E-state index contributed by atoms with van der Waals surface area (Å²) in [5.74, 6) is -4.62. The summed E-state index contributed by atoms with van der Waals surface area (Å²) in [5, 5.41) is 12.5. The third kappa shape index (κ3) is 5.55. The van der Waals surface area contributed by atoms with Gasteiger partial charge in [-0.1, -0.05) is 126 Å². The van der Waals surface area contributed by atoms with Gasteiger partial charge in [0.25, 0.3) is 0 Å². The molecule has 2 amide bonds. The number of Topliss-reactive ketones (excluding diaryl/α,β-unsaturated/α-hetero) is 1. The molecule has 5 aromatic carbocycles. The van der Waals surface area contributed by atoms with Crippen molar-refractivity contribution < 1.29 is 29.0 Å². The summed E-state index contributed by atoms with van der Waals surface area (Å²) in [4.78, 5) is 60.6. The normalized spacial score (nSPS) is 25.5. The summed E-state index contributed by atoms with van der Waals surface area (Å²) < 4.78 is 6.09. The van der Waals surface area contributed by atoms with Gasteiger partial charge in [-0.05, 0) is 72.2 Å². The third-order valence-corrected chi connectivity index (χ3v) is 12.8. The van der Waals surface area contributed by atoms with E-state index in [-0.39, 0.29) is 48.6 Å². The summed E-state index contributed by atoms with van der Waals surface area (Å²) in [6.07, 6.45) is 3.88. The van der Waals surface area contributed by atoms with E-state index in [0.717, 1.165) is 16.7 Å². The average molecular weight is 760 g/mol. The molecule has 3 aliphatic carbocycles.